The third-order valence-electron chi connectivity index (χ3n) is 4.12. The summed E-state index contributed by atoms with van der Waals surface area (Å²) >= 11 is 1.45. The number of β-lactam (4-membered cyclic amide) rings is 1. The van der Waals surface area contributed by atoms with Gasteiger partial charge in [0.1, 0.15) is 5.75 Å². The van der Waals surface area contributed by atoms with E-state index >= 15 is 0 Å². The van der Waals surface area contributed by atoms with E-state index in [1.165, 1.54) is 11.3 Å². The number of phenolic OH excluding ortho intramolecular Hbond substituents is 1. The van der Waals surface area contributed by atoms with Crippen molar-refractivity contribution in [3.63, 3.8) is 0 Å². The maximum Gasteiger partial charge on any atom is 0.239 e. The molecular formula is C18H14N2O2S. The van der Waals surface area contributed by atoms with Gasteiger partial charge in [-0.15, -0.1) is 11.3 Å². The highest BCUT2D eigenvalue weighted by atomic mass is 32.1. The van der Waals surface area contributed by atoms with Gasteiger partial charge in [0, 0.05) is 11.6 Å². The second-order valence-electron chi connectivity index (χ2n) is 5.45. The van der Waals surface area contributed by atoms with E-state index in [1.54, 1.807) is 23.2 Å². The maximum atomic E-state index is 12.8. The number of hydrogen-bond donors (Lipinski definition) is 1. The van der Waals surface area contributed by atoms with E-state index < -0.39 is 0 Å². The summed E-state index contributed by atoms with van der Waals surface area (Å²) in [5.41, 5.74) is 2.00. The summed E-state index contributed by atoms with van der Waals surface area (Å²) in [5, 5.41) is 12.1. The molecule has 4 rings (SSSR count). The van der Waals surface area contributed by atoms with Crippen molar-refractivity contribution in [2.75, 3.05) is 4.90 Å². The van der Waals surface area contributed by atoms with E-state index in [0.29, 0.717) is 5.13 Å². The number of nitrogens with zero attached hydrogens (tertiary/aromatic N) is 2. The molecule has 0 bridgehead atoms. The topological polar surface area (TPSA) is 53.4 Å². The smallest absolute Gasteiger partial charge is 0.239 e. The predicted octanol–water partition coefficient (Wildman–Crippen LogP) is 3.72. The first-order valence-electron chi connectivity index (χ1n) is 7.32. The zero-order valence-electron chi connectivity index (χ0n) is 12.2. The van der Waals surface area contributed by atoms with Crippen molar-refractivity contribution in [1.82, 2.24) is 4.98 Å². The van der Waals surface area contributed by atoms with Crippen molar-refractivity contribution < 1.29 is 9.90 Å². The van der Waals surface area contributed by atoms with Crippen LogP contribution in [0.5, 0.6) is 5.75 Å². The van der Waals surface area contributed by atoms with Gasteiger partial charge >= 0.3 is 0 Å². The molecule has 1 aliphatic rings. The van der Waals surface area contributed by atoms with Crippen molar-refractivity contribution in [3.8, 4) is 5.75 Å². The highest BCUT2D eigenvalue weighted by molar-refractivity contribution is 7.13. The van der Waals surface area contributed by atoms with Gasteiger partial charge < -0.3 is 5.11 Å². The number of carbonyl (C=O) groups is 1. The highest BCUT2D eigenvalue weighted by Crippen LogP contribution is 2.49. The average Bonchev–Trinajstić information content (AvgIpc) is 3.08. The van der Waals surface area contributed by atoms with Gasteiger partial charge in [0.15, 0.2) is 5.13 Å². The van der Waals surface area contributed by atoms with Crippen LogP contribution in [0.2, 0.25) is 0 Å². The van der Waals surface area contributed by atoms with Crippen LogP contribution in [-0.4, -0.2) is 16.0 Å². The Hall–Kier alpha value is -2.66. The Balaban J connectivity index is 1.77. The van der Waals surface area contributed by atoms with Crippen molar-refractivity contribution in [3.05, 3.63) is 77.3 Å². The predicted molar refractivity (Wildman–Crippen MR) is 89.6 cm³/mol. The first-order valence-corrected chi connectivity index (χ1v) is 8.20. The molecule has 0 saturated carbocycles. The number of anilines is 1. The fourth-order valence-electron chi connectivity index (χ4n) is 3.04. The van der Waals surface area contributed by atoms with Crippen LogP contribution >= 0.6 is 11.3 Å². The first-order chi connectivity index (χ1) is 11.3. The van der Waals surface area contributed by atoms with E-state index in [-0.39, 0.29) is 23.6 Å². The lowest BCUT2D eigenvalue weighted by molar-refractivity contribution is -0.126. The molecule has 1 amide bonds. The van der Waals surface area contributed by atoms with Gasteiger partial charge in [-0.3, -0.25) is 9.69 Å². The molecular weight excluding hydrogens is 308 g/mol. The Kier molecular flexibility index (Phi) is 3.35. The molecule has 2 atom stereocenters. The highest BCUT2D eigenvalue weighted by Gasteiger charge is 2.50. The van der Waals surface area contributed by atoms with Crippen molar-refractivity contribution in [2.45, 2.75) is 12.0 Å². The number of amides is 1. The lowest BCUT2D eigenvalue weighted by Gasteiger charge is -2.46. The van der Waals surface area contributed by atoms with Crippen molar-refractivity contribution in [1.29, 1.82) is 0 Å². The molecule has 1 saturated heterocycles. The van der Waals surface area contributed by atoms with Crippen LogP contribution in [0, 0.1) is 0 Å². The third kappa shape index (κ3) is 2.29. The van der Waals surface area contributed by atoms with Gasteiger partial charge in [0.05, 0.1) is 12.0 Å². The second-order valence-corrected chi connectivity index (χ2v) is 6.32. The minimum atomic E-state index is -0.218. The first kappa shape index (κ1) is 14.0. The molecule has 1 aromatic heterocycles. The van der Waals surface area contributed by atoms with Crippen LogP contribution in [0.3, 0.4) is 0 Å². The Morgan fingerprint density at radius 3 is 2.39 bits per heavy atom. The quantitative estimate of drug-likeness (QED) is 0.748. The molecule has 4 nitrogen and oxygen atoms in total. The van der Waals surface area contributed by atoms with Gasteiger partial charge in [-0.2, -0.15) is 0 Å². The van der Waals surface area contributed by atoms with Crippen LogP contribution in [0.15, 0.2) is 66.2 Å². The molecule has 1 fully saturated rings. The Morgan fingerprint density at radius 1 is 1.00 bits per heavy atom. The second kappa shape index (κ2) is 5.52. The number of benzene rings is 2. The molecule has 2 unspecified atom stereocenters. The largest absolute Gasteiger partial charge is 0.508 e. The molecule has 2 aromatic carbocycles. The number of rotatable bonds is 3. The number of aromatic hydroxyl groups is 1. The molecule has 114 valence electrons. The van der Waals surface area contributed by atoms with Crippen LogP contribution in [0.25, 0.3) is 0 Å². The van der Waals surface area contributed by atoms with Gasteiger partial charge in [-0.1, -0.05) is 42.5 Å². The summed E-state index contributed by atoms with van der Waals surface area (Å²) in [4.78, 5) is 18.8. The van der Waals surface area contributed by atoms with Gasteiger partial charge in [-0.25, -0.2) is 4.98 Å². The molecule has 0 aliphatic carbocycles. The molecule has 5 heteroatoms. The van der Waals surface area contributed by atoms with Crippen LogP contribution in [0.4, 0.5) is 5.13 Å². The molecule has 1 aliphatic heterocycles. The van der Waals surface area contributed by atoms with E-state index in [4.69, 9.17) is 0 Å². The zero-order valence-corrected chi connectivity index (χ0v) is 13.0. The Labute approximate surface area is 137 Å². The number of aromatic nitrogens is 1. The van der Waals surface area contributed by atoms with E-state index in [2.05, 4.69) is 4.98 Å². The molecule has 0 spiro atoms. The molecule has 1 N–H and O–H groups in total. The fourth-order valence-corrected chi connectivity index (χ4v) is 3.72. The summed E-state index contributed by atoms with van der Waals surface area (Å²) in [6.07, 6.45) is 1.71. The summed E-state index contributed by atoms with van der Waals surface area (Å²) < 4.78 is 0. The summed E-state index contributed by atoms with van der Waals surface area (Å²) in [6.45, 7) is 0. The van der Waals surface area contributed by atoms with Gasteiger partial charge in [-0.05, 0) is 23.3 Å². The lowest BCUT2D eigenvalue weighted by atomic mass is 9.78. The number of carbonyl (C=O) groups excluding carboxylic acids is 1. The SMILES string of the molecule is O=C1C(c2ccccc2)C(c2ccc(O)cc2)N1c1nccs1. The Bertz CT molecular complexity index is 816. The van der Waals surface area contributed by atoms with E-state index in [9.17, 15) is 9.90 Å². The number of phenols is 1. The molecule has 0 radical (unpaired) electrons. The fraction of sp³-hybridized carbons (Fsp3) is 0.111. The van der Waals surface area contributed by atoms with Gasteiger partial charge in [0.2, 0.25) is 5.91 Å². The standard InChI is InChI=1S/C18H14N2O2S/c21-14-8-6-13(7-9-14)16-15(12-4-2-1-3-5-12)17(22)20(16)18-19-10-11-23-18/h1-11,15-16,21H. The van der Waals surface area contributed by atoms with Crippen molar-refractivity contribution in [2.24, 2.45) is 0 Å². The third-order valence-corrected chi connectivity index (χ3v) is 4.89. The molecule has 23 heavy (non-hydrogen) atoms. The van der Waals surface area contributed by atoms with Gasteiger partial charge in [0.25, 0.3) is 0 Å². The van der Waals surface area contributed by atoms with E-state index in [1.807, 2.05) is 47.8 Å². The molecule has 3 aromatic rings. The summed E-state index contributed by atoms with van der Waals surface area (Å²) in [5.74, 6) is 0.0605. The van der Waals surface area contributed by atoms with Crippen LogP contribution in [-0.2, 0) is 4.79 Å². The monoisotopic (exact) mass is 322 g/mol. The lowest BCUT2D eigenvalue weighted by Crippen LogP contribution is -2.53. The minimum Gasteiger partial charge on any atom is -0.508 e. The number of thiazole rings is 1. The van der Waals surface area contributed by atoms with Crippen molar-refractivity contribution >= 4 is 22.4 Å². The average molecular weight is 322 g/mol. The van der Waals surface area contributed by atoms with Crippen LogP contribution < -0.4 is 4.90 Å². The normalized spacial score (nSPS) is 20.3. The minimum absolute atomic E-state index is 0.0595. The van der Waals surface area contributed by atoms with Crippen LogP contribution in [0.1, 0.15) is 23.1 Å². The number of hydrogen-bond acceptors (Lipinski definition) is 4. The molecule has 2 heterocycles. The maximum absolute atomic E-state index is 12.8. The zero-order chi connectivity index (χ0) is 15.8. The Morgan fingerprint density at radius 2 is 1.74 bits per heavy atom. The summed E-state index contributed by atoms with van der Waals surface area (Å²) in [7, 11) is 0. The van der Waals surface area contributed by atoms with E-state index in [0.717, 1.165) is 11.1 Å². The summed E-state index contributed by atoms with van der Waals surface area (Å²) in [6, 6.07) is 16.7.